The van der Waals surface area contributed by atoms with Gasteiger partial charge >= 0.3 is 0 Å². The Kier molecular flexibility index (Phi) is 7.77. The highest BCUT2D eigenvalue weighted by molar-refractivity contribution is 7.92. The number of amides is 1. The van der Waals surface area contributed by atoms with Gasteiger partial charge in [-0.1, -0.05) is 36.9 Å². The Morgan fingerprint density at radius 2 is 1.96 bits per heavy atom. The number of carbonyl (C=O) groups excluding carboxylic acids is 1. The molecule has 0 saturated heterocycles. The lowest BCUT2D eigenvalue weighted by Crippen LogP contribution is -2.33. The molecule has 0 aromatic heterocycles. The fourth-order valence-corrected chi connectivity index (χ4v) is 4.64. The molecular formula is C19H29ClN2O3S. The number of hydrogen-bond acceptors (Lipinski definition) is 3. The molecule has 0 bridgehead atoms. The molecule has 1 aromatic carbocycles. The van der Waals surface area contributed by atoms with E-state index in [1.54, 1.807) is 25.1 Å². The highest BCUT2D eigenvalue weighted by atomic mass is 35.5. The second-order valence-corrected chi connectivity index (χ2v) is 9.44. The normalized spacial score (nSPS) is 15.7. The first-order valence-corrected chi connectivity index (χ1v) is 11.5. The van der Waals surface area contributed by atoms with Crippen LogP contribution in [0, 0.1) is 12.8 Å². The standard InChI is InChI=1S/C19H29ClN2O3S/c1-15-17(20)10-6-11-18(15)22(26(2,24)25)13-7-12-19(23)21-14-16-8-4-3-5-9-16/h6,10-11,16H,3-5,7-9,12-14H2,1-2H3,(H,21,23). The third-order valence-corrected chi connectivity index (χ3v) is 6.58. The summed E-state index contributed by atoms with van der Waals surface area (Å²) in [7, 11) is -3.44. The van der Waals surface area contributed by atoms with Gasteiger partial charge in [0.25, 0.3) is 0 Å². The van der Waals surface area contributed by atoms with E-state index in [-0.39, 0.29) is 12.5 Å². The van der Waals surface area contributed by atoms with Crippen LogP contribution in [-0.4, -0.2) is 33.7 Å². The average Bonchev–Trinajstić information content (AvgIpc) is 2.60. The first-order valence-electron chi connectivity index (χ1n) is 9.28. The minimum Gasteiger partial charge on any atom is -0.356 e. The Hall–Kier alpha value is -1.27. The Balaban J connectivity index is 1.87. The van der Waals surface area contributed by atoms with E-state index >= 15 is 0 Å². The molecule has 2 rings (SSSR count). The molecule has 1 aromatic rings. The quantitative estimate of drug-likeness (QED) is 0.719. The first-order chi connectivity index (χ1) is 12.3. The number of anilines is 1. The van der Waals surface area contributed by atoms with Crippen LogP contribution in [0.1, 0.15) is 50.5 Å². The Morgan fingerprint density at radius 1 is 1.27 bits per heavy atom. The SMILES string of the molecule is Cc1c(Cl)cccc1N(CCCC(=O)NCC1CCCCC1)S(C)(=O)=O. The second kappa shape index (κ2) is 9.60. The van der Waals surface area contributed by atoms with Crippen molar-refractivity contribution in [2.75, 3.05) is 23.7 Å². The molecular weight excluding hydrogens is 372 g/mol. The number of carbonyl (C=O) groups is 1. The van der Waals surface area contributed by atoms with E-state index in [1.807, 2.05) is 0 Å². The van der Waals surface area contributed by atoms with Crippen LogP contribution in [0.25, 0.3) is 0 Å². The maximum Gasteiger partial charge on any atom is 0.232 e. The summed E-state index contributed by atoms with van der Waals surface area (Å²) in [5, 5.41) is 3.53. The van der Waals surface area contributed by atoms with E-state index in [1.165, 1.54) is 42.7 Å². The Morgan fingerprint density at radius 3 is 2.62 bits per heavy atom. The summed E-state index contributed by atoms with van der Waals surface area (Å²) in [5.41, 5.74) is 1.30. The van der Waals surface area contributed by atoms with E-state index < -0.39 is 10.0 Å². The van der Waals surface area contributed by atoms with Crippen LogP contribution in [0.15, 0.2) is 18.2 Å². The van der Waals surface area contributed by atoms with Crippen molar-refractivity contribution in [3.63, 3.8) is 0 Å². The van der Waals surface area contributed by atoms with Crippen LogP contribution < -0.4 is 9.62 Å². The molecule has 1 N–H and O–H groups in total. The number of benzene rings is 1. The molecule has 1 saturated carbocycles. The molecule has 1 aliphatic carbocycles. The number of halogens is 1. The fraction of sp³-hybridized carbons (Fsp3) is 0.632. The van der Waals surface area contributed by atoms with Crippen LogP contribution in [0.2, 0.25) is 5.02 Å². The molecule has 7 heteroatoms. The molecule has 1 aliphatic rings. The van der Waals surface area contributed by atoms with E-state index in [2.05, 4.69) is 5.32 Å². The molecule has 146 valence electrons. The van der Waals surface area contributed by atoms with Gasteiger partial charge in [0.05, 0.1) is 11.9 Å². The van der Waals surface area contributed by atoms with Crippen molar-refractivity contribution in [1.29, 1.82) is 0 Å². The van der Waals surface area contributed by atoms with Crippen molar-refractivity contribution in [2.24, 2.45) is 5.92 Å². The number of hydrogen-bond donors (Lipinski definition) is 1. The van der Waals surface area contributed by atoms with Gasteiger partial charge in [0.1, 0.15) is 0 Å². The lowest BCUT2D eigenvalue weighted by atomic mass is 9.89. The van der Waals surface area contributed by atoms with Gasteiger partial charge in [0.2, 0.25) is 15.9 Å². The summed E-state index contributed by atoms with van der Waals surface area (Å²) in [4.78, 5) is 12.1. The van der Waals surface area contributed by atoms with Crippen molar-refractivity contribution in [1.82, 2.24) is 5.32 Å². The lowest BCUT2D eigenvalue weighted by Gasteiger charge is -2.25. The molecule has 0 atom stereocenters. The Bertz CT molecular complexity index is 715. The molecule has 26 heavy (non-hydrogen) atoms. The molecule has 1 fully saturated rings. The first kappa shape index (κ1) is 21.0. The lowest BCUT2D eigenvalue weighted by molar-refractivity contribution is -0.121. The van der Waals surface area contributed by atoms with Crippen molar-refractivity contribution in [3.8, 4) is 0 Å². The molecule has 5 nitrogen and oxygen atoms in total. The van der Waals surface area contributed by atoms with E-state index in [4.69, 9.17) is 11.6 Å². The summed E-state index contributed by atoms with van der Waals surface area (Å²) in [6, 6.07) is 5.21. The predicted octanol–water partition coefficient (Wildman–Crippen LogP) is 3.89. The maximum atomic E-state index is 12.2. The van der Waals surface area contributed by atoms with E-state index in [0.717, 1.165) is 12.1 Å². The predicted molar refractivity (Wildman–Crippen MR) is 107 cm³/mol. The smallest absolute Gasteiger partial charge is 0.232 e. The summed E-state index contributed by atoms with van der Waals surface area (Å²) >= 11 is 6.12. The molecule has 0 unspecified atom stereocenters. The van der Waals surface area contributed by atoms with Gasteiger partial charge < -0.3 is 5.32 Å². The maximum absolute atomic E-state index is 12.2. The minimum absolute atomic E-state index is 0.00756. The van der Waals surface area contributed by atoms with Gasteiger partial charge in [-0.25, -0.2) is 8.42 Å². The average molecular weight is 401 g/mol. The van der Waals surface area contributed by atoms with Crippen LogP contribution in [0.4, 0.5) is 5.69 Å². The zero-order valence-corrected chi connectivity index (χ0v) is 17.2. The molecule has 1 amide bonds. The van der Waals surface area contributed by atoms with Crippen LogP contribution in [0.3, 0.4) is 0 Å². The highest BCUT2D eigenvalue weighted by Gasteiger charge is 2.20. The van der Waals surface area contributed by atoms with Crippen LogP contribution in [-0.2, 0) is 14.8 Å². The van der Waals surface area contributed by atoms with E-state index in [0.29, 0.717) is 29.5 Å². The Labute approximate surface area is 162 Å². The molecule has 0 radical (unpaired) electrons. The van der Waals surface area contributed by atoms with Crippen molar-refractivity contribution in [2.45, 2.75) is 51.9 Å². The van der Waals surface area contributed by atoms with Gasteiger partial charge in [-0.15, -0.1) is 0 Å². The van der Waals surface area contributed by atoms with Gasteiger partial charge in [0.15, 0.2) is 0 Å². The number of nitrogens with zero attached hydrogens (tertiary/aromatic N) is 1. The monoisotopic (exact) mass is 400 g/mol. The van der Waals surface area contributed by atoms with E-state index in [9.17, 15) is 13.2 Å². The minimum atomic E-state index is -3.44. The molecule has 0 heterocycles. The summed E-state index contributed by atoms with van der Waals surface area (Å²) < 4.78 is 25.7. The van der Waals surface area contributed by atoms with Crippen LogP contribution >= 0.6 is 11.6 Å². The third kappa shape index (κ3) is 6.16. The fourth-order valence-electron chi connectivity index (χ4n) is 3.45. The van der Waals surface area contributed by atoms with Crippen molar-refractivity contribution >= 4 is 33.2 Å². The van der Waals surface area contributed by atoms with Crippen LogP contribution in [0.5, 0.6) is 0 Å². The summed E-state index contributed by atoms with van der Waals surface area (Å²) in [5.74, 6) is 0.584. The second-order valence-electron chi connectivity index (χ2n) is 7.13. The summed E-state index contributed by atoms with van der Waals surface area (Å²) in [6.45, 7) is 2.80. The van der Waals surface area contributed by atoms with Crippen molar-refractivity contribution in [3.05, 3.63) is 28.8 Å². The zero-order chi connectivity index (χ0) is 19.2. The number of rotatable bonds is 8. The van der Waals surface area contributed by atoms with Crippen molar-refractivity contribution < 1.29 is 13.2 Å². The van der Waals surface area contributed by atoms with Gasteiger partial charge in [-0.2, -0.15) is 0 Å². The molecule has 0 aliphatic heterocycles. The highest BCUT2D eigenvalue weighted by Crippen LogP contribution is 2.28. The van der Waals surface area contributed by atoms with Gasteiger partial charge in [-0.05, 0) is 49.8 Å². The van der Waals surface area contributed by atoms with Gasteiger partial charge in [0, 0.05) is 24.5 Å². The largest absolute Gasteiger partial charge is 0.356 e. The topological polar surface area (TPSA) is 66.5 Å². The molecule has 0 spiro atoms. The summed E-state index contributed by atoms with van der Waals surface area (Å²) in [6.07, 6.45) is 8.15. The number of nitrogens with one attached hydrogen (secondary N) is 1. The third-order valence-electron chi connectivity index (χ3n) is 4.99. The van der Waals surface area contributed by atoms with Gasteiger partial charge in [-0.3, -0.25) is 9.10 Å². The number of sulfonamides is 1. The zero-order valence-electron chi connectivity index (χ0n) is 15.6.